The average Bonchev–Trinajstić information content (AvgIpc) is 2.86. The van der Waals surface area contributed by atoms with Crippen molar-refractivity contribution in [3.8, 4) is 17.2 Å². The van der Waals surface area contributed by atoms with E-state index in [9.17, 15) is 14.7 Å². The van der Waals surface area contributed by atoms with E-state index < -0.39 is 0 Å². The Bertz CT molecular complexity index is 1450. The molecule has 1 aromatic heterocycles. The number of para-hydroxylation sites is 1. The van der Waals surface area contributed by atoms with E-state index in [1.54, 1.807) is 54.6 Å². The summed E-state index contributed by atoms with van der Waals surface area (Å²) >= 11 is 4.45. The molecular weight excluding hydrogens is 532 g/mol. The van der Waals surface area contributed by atoms with Crippen molar-refractivity contribution >= 4 is 50.7 Å². The van der Waals surface area contributed by atoms with E-state index in [0.29, 0.717) is 39.7 Å². The van der Waals surface area contributed by atoms with E-state index >= 15 is 0 Å². The number of carbonyl (C=O) groups excluding carboxylic acids is 1. The van der Waals surface area contributed by atoms with Gasteiger partial charge in [-0.1, -0.05) is 39.8 Å². The van der Waals surface area contributed by atoms with Crippen molar-refractivity contribution in [3.05, 3.63) is 87.1 Å². The van der Waals surface area contributed by atoms with Gasteiger partial charge in [0.2, 0.25) is 0 Å². The Hall–Kier alpha value is -3.63. The van der Waals surface area contributed by atoms with Gasteiger partial charge in [-0.25, -0.2) is 10.4 Å². The Morgan fingerprint density at radius 1 is 1.20 bits per heavy atom. The molecule has 0 bridgehead atoms. The van der Waals surface area contributed by atoms with Crippen LogP contribution in [0.5, 0.6) is 11.5 Å². The maximum atomic E-state index is 13.3. The lowest BCUT2D eigenvalue weighted by atomic mass is 10.2. The van der Waals surface area contributed by atoms with E-state index in [4.69, 9.17) is 4.74 Å². The number of phenolic OH excluding ortho intramolecular Hbond substituents is 1. The fraction of sp³-hybridized carbons (Fsp3) is 0.120. The molecule has 0 aliphatic carbocycles. The molecule has 0 aliphatic heterocycles. The second-order valence-electron chi connectivity index (χ2n) is 7.26. The Balaban J connectivity index is 1.56. The summed E-state index contributed by atoms with van der Waals surface area (Å²) in [6.45, 7) is 2.44. The number of thioether (sulfide) groups is 1. The third-order valence-corrected chi connectivity index (χ3v) is 6.30. The van der Waals surface area contributed by atoms with Crippen molar-refractivity contribution in [1.82, 2.24) is 15.0 Å². The van der Waals surface area contributed by atoms with Crippen LogP contribution >= 0.6 is 27.7 Å². The van der Waals surface area contributed by atoms with Gasteiger partial charge >= 0.3 is 0 Å². The summed E-state index contributed by atoms with van der Waals surface area (Å²) in [5.74, 6) is 0.326. The predicted molar refractivity (Wildman–Crippen MR) is 141 cm³/mol. The van der Waals surface area contributed by atoms with Crippen molar-refractivity contribution in [1.29, 1.82) is 0 Å². The smallest absolute Gasteiger partial charge is 0.266 e. The molecule has 0 saturated heterocycles. The van der Waals surface area contributed by atoms with Crippen LogP contribution in [0.4, 0.5) is 0 Å². The summed E-state index contributed by atoms with van der Waals surface area (Å²) in [5.41, 5.74) is 3.81. The number of hydrogen-bond donors (Lipinski definition) is 2. The minimum atomic E-state index is -0.388. The van der Waals surface area contributed by atoms with E-state index in [-0.39, 0.29) is 23.0 Å². The maximum Gasteiger partial charge on any atom is 0.266 e. The average molecular weight is 553 g/mol. The number of fused-ring (bicyclic) bond motifs is 1. The molecule has 3 aromatic carbocycles. The van der Waals surface area contributed by atoms with Crippen LogP contribution in [0, 0.1) is 0 Å². The molecule has 0 unspecified atom stereocenters. The molecular formula is C25H21BrN4O4S. The monoisotopic (exact) mass is 552 g/mol. The van der Waals surface area contributed by atoms with Crippen LogP contribution in [0.2, 0.25) is 0 Å². The van der Waals surface area contributed by atoms with Gasteiger partial charge in [-0.3, -0.25) is 14.2 Å². The SMILES string of the molecule is CCOc1ccc(-n2c(SCC(=O)N/N=C/c3cc(Br)ccc3O)nc3ccccc3c2=O)cc1. The Kier molecular flexibility index (Phi) is 7.84. The second-order valence-corrected chi connectivity index (χ2v) is 9.12. The zero-order valence-corrected chi connectivity index (χ0v) is 21.0. The third kappa shape index (κ3) is 5.90. The predicted octanol–water partition coefficient (Wildman–Crippen LogP) is 4.49. The maximum absolute atomic E-state index is 13.3. The van der Waals surface area contributed by atoms with Crippen molar-refractivity contribution in [2.45, 2.75) is 12.1 Å². The molecule has 4 aromatic rings. The van der Waals surface area contributed by atoms with Gasteiger partial charge in [0.15, 0.2) is 5.16 Å². The molecule has 10 heteroatoms. The quantitative estimate of drug-likeness (QED) is 0.144. The molecule has 1 heterocycles. The minimum Gasteiger partial charge on any atom is -0.507 e. The first-order chi connectivity index (χ1) is 17.0. The number of nitrogens with one attached hydrogen (secondary N) is 1. The summed E-state index contributed by atoms with van der Waals surface area (Å²) in [4.78, 5) is 30.4. The Morgan fingerprint density at radius 2 is 1.97 bits per heavy atom. The number of aromatic hydroxyl groups is 1. The number of nitrogens with zero attached hydrogens (tertiary/aromatic N) is 3. The second kappa shape index (κ2) is 11.2. The molecule has 0 spiro atoms. The van der Waals surface area contributed by atoms with Gasteiger partial charge in [-0.05, 0) is 61.5 Å². The summed E-state index contributed by atoms with van der Waals surface area (Å²) < 4.78 is 7.75. The fourth-order valence-corrected chi connectivity index (χ4v) is 4.44. The molecule has 0 saturated carbocycles. The Labute approximate surface area is 213 Å². The van der Waals surface area contributed by atoms with Crippen molar-refractivity contribution in [2.24, 2.45) is 5.10 Å². The minimum absolute atomic E-state index is 0.0242. The molecule has 0 atom stereocenters. The number of halogens is 1. The van der Waals surface area contributed by atoms with Gasteiger partial charge in [0, 0.05) is 10.0 Å². The number of phenols is 1. The van der Waals surface area contributed by atoms with Gasteiger partial charge in [0.25, 0.3) is 11.5 Å². The van der Waals surface area contributed by atoms with Crippen LogP contribution in [0.3, 0.4) is 0 Å². The zero-order chi connectivity index (χ0) is 24.8. The molecule has 0 radical (unpaired) electrons. The molecule has 2 N–H and O–H groups in total. The van der Waals surface area contributed by atoms with Crippen molar-refractivity contribution < 1.29 is 14.6 Å². The molecule has 1 amide bonds. The zero-order valence-electron chi connectivity index (χ0n) is 18.6. The van der Waals surface area contributed by atoms with Gasteiger partial charge in [0.1, 0.15) is 11.5 Å². The standard InChI is InChI=1S/C25H21BrN4O4S/c1-2-34-19-10-8-18(9-11-19)30-24(33)20-5-3-4-6-21(20)28-25(30)35-15-23(32)29-27-14-16-13-17(26)7-12-22(16)31/h3-14,31H,2,15H2,1H3,(H,29,32)/b27-14+. The Morgan fingerprint density at radius 3 is 2.74 bits per heavy atom. The first kappa shape index (κ1) is 24.5. The van der Waals surface area contributed by atoms with Crippen LogP contribution in [0.15, 0.2) is 86.3 Å². The number of hydrazone groups is 1. The molecule has 178 valence electrons. The van der Waals surface area contributed by atoms with E-state index in [2.05, 4.69) is 31.4 Å². The lowest BCUT2D eigenvalue weighted by molar-refractivity contribution is -0.118. The molecule has 0 aliphatic rings. The molecule has 0 fully saturated rings. The van der Waals surface area contributed by atoms with Crippen LogP contribution < -0.4 is 15.7 Å². The van der Waals surface area contributed by atoms with Crippen LogP contribution in [0.1, 0.15) is 12.5 Å². The highest BCUT2D eigenvalue weighted by Gasteiger charge is 2.15. The first-order valence-corrected chi connectivity index (χ1v) is 12.4. The number of rotatable bonds is 8. The summed E-state index contributed by atoms with van der Waals surface area (Å²) in [7, 11) is 0. The van der Waals surface area contributed by atoms with Crippen LogP contribution in [0.25, 0.3) is 16.6 Å². The summed E-state index contributed by atoms with van der Waals surface area (Å²) in [5, 5.41) is 14.6. The topological polar surface area (TPSA) is 106 Å². The highest BCUT2D eigenvalue weighted by atomic mass is 79.9. The van der Waals surface area contributed by atoms with Gasteiger partial charge in [-0.15, -0.1) is 0 Å². The largest absolute Gasteiger partial charge is 0.507 e. The number of amides is 1. The highest BCUT2D eigenvalue weighted by Crippen LogP contribution is 2.23. The van der Waals surface area contributed by atoms with Crippen LogP contribution in [-0.2, 0) is 4.79 Å². The van der Waals surface area contributed by atoms with Gasteiger partial charge in [0.05, 0.1) is 35.2 Å². The van der Waals surface area contributed by atoms with E-state index in [0.717, 1.165) is 16.2 Å². The number of aromatic nitrogens is 2. The number of benzene rings is 3. The normalized spacial score (nSPS) is 11.1. The lowest BCUT2D eigenvalue weighted by Crippen LogP contribution is -2.24. The van der Waals surface area contributed by atoms with Gasteiger partial charge < -0.3 is 9.84 Å². The molecule has 4 rings (SSSR count). The number of ether oxygens (including phenoxy) is 1. The number of carbonyl (C=O) groups is 1. The lowest BCUT2D eigenvalue weighted by Gasteiger charge is -2.13. The first-order valence-electron chi connectivity index (χ1n) is 10.6. The summed E-state index contributed by atoms with van der Waals surface area (Å²) in [6.07, 6.45) is 1.35. The van der Waals surface area contributed by atoms with E-state index in [1.807, 2.05) is 13.0 Å². The van der Waals surface area contributed by atoms with Gasteiger partial charge in [-0.2, -0.15) is 5.10 Å². The highest BCUT2D eigenvalue weighted by molar-refractivity contribution is 9.10. The molecule has 8 nitrogen and oxygen atoms in total. The molecule has 35 heavy (non-hydrogen) atoms. The van der Waals surface area contributed by atoms with E-state index in [1.165, 1.54) is 16.8 Å². The van der Waals surface area contributed by atoms with Crippen molar-refractivity contribution in [3.63, 3.8) is 0 Å². The fourth-order valence-electron chi connectivity index (χ4n) is 3.26. The van der Waals surface area contributed by atoms with Crippen LogP contribution in [-0.4, -0.2) is 39.1 Å². The van der Waals surface area contributed by atoms with Crippen molar-refractivity contribution in [2.75, 3.05) is 12.4 Å². The number of hydrogen-bond acceptors (Lipinski definition) is 7. The third-order valence-electron chi connectivity index (χ3n) is 4.87. The summed E-state index contributed by atoms with van der Waals surface area (Å²) in [6, 6.07) is 19.1.